The minimum atomic E-state index is 0.478. The van der Waals surface area contributed by atoms with Crippen molar-refractivity contribution in [1.82, 2.24) is 0 Å². The first-order valence-corrected chi connectivity index (χ1v) is 5.84. The smallest absolute Gasteiger partial charge is 0.0701 e. The summed E-state index contributed by atoms with van der Waals surface area (Å²) in [7, 11) is 0. The summed E-state index contributed by atoms with van der Waals surface area (Å²) >= 11 is 5.35. The van der Waals surface area contributed by atoms with Crippen molar-refractivity contribution in [3.05, 3.63) is 20.8 Å². The Kier molecular flexibility index (Phi) is 2.27. The lowest BCUT2D eigenvalue weighted by Crippen LogP contribution is -2.11. The summed E-state index contributed by atoms with van der Waals surface area (Å²) in [4.78, 5) is 1.51. The standard InChI is InChI=1S/C9H12BrNS/c10-8-2-1-7(12-8)9(3-4-9)5-6-11/h1-2H,3-6,11H2. The van der Waals surface area contributed by atoms with Gasteiger partial charge in [-0.25, -0.2) is 0 Å². The van der Waals surface area contributed by atoms with E-state index in [2.05, 4.69) is 28.1 Å². The highest BCUT2D eigenvalue weighted by Gasteiger charge is 2.44. The van der Waals surface area contributed by atoms with Gasteiger partial charge in [0.15, 0.2) is 0 Å². The van der Waals surface area contributed by atoms with Crippen molar-refractivity contribution in [1.29, 1.82) is 0 Å². The summed E-state index contributed by atoms with van der Waals surface area (Å²) in [6.45, 7) is 0.815. The Morgan fingerprint density at radius 3 is 2.67 bits per heavy atom. The topological polar surface area (TPSA) is 26.0 Å². The Hall–Kier alpha value is 0.140. The van der Waals surface area contributed by atoms with E-state index in [0.717, 1.165) is 13.0 Å². The molecule has 12 heavy (non-hydrogen) atoms. The first-order chi connectivity index (χ1) is 5.77. The highest BCUT2D eigenvalue weighted by molar-refractivity contribution is 9.11. The van der Waals surface area contributed by atoms with Crippen LogP contribution in [0.1, 0.15) is 24.1 Å². The van der Waals surface area contributed by atoms with Gasteiger partial charge in [-0.3, -0.25) is 0 Å². The monoisotopic (exact) mass is 245 g/mol. The second-order valence-corrected chi connectivity index (χ2v) is 5.89. The average Bonchev–Trinajstić information content (AvgIpc) is 2.69. The van der Waals surface area contributed by atoms with Gasteiger partial charge in [0.2, 0.25) is 0 Å². The molecule has 1 heterocycles. The lowest BCUT2D eigenvalue weighted by Gasteiger charge is -2.10. The van der Waals surface area contributed by atoms with E-state index in [1.807, 2.05) is 11.3 Å². The summed E-state index contributed by atoms with van der Waals surface area (Å²) in [5.41, 5.74) is 6.07. The van der Waals surface area contributed by atoms with Crippen LogP contribution in [-0.2, 0) is 5.41 Å². The highest BCUT2D eigenvalue weighted by Crippen LogP contribution is 2.53. The summed E-state index contributed by atoms with van der Waals surface area (Å²) in [6, 6.07) is 4.37. The first-order valence-electron chi connectivity index (χ1n) is 4.23. The van der Waals surface area contributed by atoms with Crippen molar-refractivity contribution in [2.24, 2.45) is 5.73 Å². The molecule has 66 valence electrons. The van der Waals surface area contributed by atoms with Crippen LogP contribution in [0.25, 0.3) is 0 Å². The maximum Gasteiger partial charge on any atom is 0.0701 e. The van der Waals surface area contributed by atoms with Crippen LogP contribution in [0, 0.1) is 0 Å². The van der Waals surface area contributed by atoms with Crippen molar-refractivity contribution in [2.45, 2.75) is 24.7 Å². The molecule has 2 rings (SSSR count). The van der Waals surface area contributed by atoms with Crippen LogP contribution in [0.2, 0.25) is 0 Å². The molecule has 0 saturated heterocycles. The summed E-state index contributed by atoms with van der Waals surface area (Å²) in [5, 5.41) is 0. The van der Waals surface area contributed by atoms with Gasteiger partial charge in [0, 0.05) is 10.3 Å². The normalized spacial score (nSPS) is 19.5. The molecule has 0 atom stereocenters. The van der Waals surface area contributed by atoms with Crippen molar-refractivity contribution in [3.8, 4) is 0 Å². The molecule has 1 aromatic rings. The van der Waals surface area contributed by atoms with E-state index in [1.54, 1.807) is 0 Å². The fourth-order valence-corrected chi connectivity index (χ4v) is 3.31. The number of thiophene rings is 1. The summed E-state index contributed by atoms with van der Waals surface area (Å²) < 4.78 is 1.24. The summed E-state index contributed by atoms with van der Waals surface area (Å²) in [5.74, 6) is 0. The zero-order chi connectivity index (χ0) is 8.60. The molecule has 1 aliphatic carbocycles. The molecule has 1 aliphatic rings. The fraction of sp³-hybridized carbons (Fsp3) is 0.556. The van der Waals surface area contributed by atoms with E-state index in [9.17, 15) is 0 Å². The maximum absolute atomic E-state index is 5.59. The third-order valence-electron chi connectivity index (χ3n) is 2.57. The number of hydrogen-bond donors (Lipinski definition) is 1. The van der Waals surface area contributed by atoms with E-state index in [1.165, 1.54) is 21.5 Å². The third kappa shape index (κ3) is 1.45. The second kappa shape index (κ2) is 3.13. The SMILES string of the molecule is NCCC1(c2ccc(Br)s2)CC1. The maximum atomic E-state index is 5.59. The molecule has 0 spiro atoms. The van der Waals surface area contributed by atoms with E-state index in [0.29, 0.717) is 5.41 Å². The number of rotatable bonds is 3. The first kappa shape index (κ1) is 8.73. The fourth-order valence-electron chi connectivity index (χ4n) is 1.65. The van der Waals surface area contributed by atoms with Crippen LogP contribution in [0.5, 0.6) is 0 Å². The Morgan fingerprint density at radius 2 is 2.25 bits per heavy atom. The van der Waals surface area contributed by atoms with Gasteiger partial charge in [-0.1, -0.05) is 0 Å². The lowest BCUT2D eigenvalue weighted by atomic mass is 10.0. The van der Waals surface area contributed by atoms with Gasteiger partial charge in [-0.15, -0.1) is 11.3 Å². The van der Waals surface area contributed by atoms with Crippen LogP contribution in [0.4, 0.5) is 0 Å². The van der Waals surface area contributed by atoms with E-state index in [-0.39, 0.29) is 0 Å². The Bertz CT molecular complexity index is 278. The molecule has 1 aromatic heterocycles. The van der Waals surface area contributed by atoms with Crippen molar-refractivity contribution >= 4 is 27.3 Å². The van der Waals surface area contributed by atoms with Gasteiger partial charge in [0.1, 0.15) is 0 Å². The second-order valence-electron chi connectivity index (χ2n) is 3.42. The quantitative estimate of drug-likeness (QED) is 0.871. The molecule has 0 unspecified atom stereocenters. The lowest BCUT2D eigenvalue weighted by molar-refractivity contribution is 0.641. The van der Waals surface area contributed by atoms with Gasteiger partial charge in [-0.2, -0.15) is 0 Å². The van der Waals surface area contributed by atoms with Crippen LogP contribution in [0.15, 0.2) is 15.9 Å². The molecule has 1 fully saturated rings. The van der Waals surface area contributed by atoms with Gasteiger partial charge >= 0.3 is 0 Å². The molecule has 0 aliphatic heterocycles. The molecule has 0 amide bonds. The number of nitrogens with two attached hydrogens (primary N) is 1. The molecule has 0 aromatic carbocycles. The molecule has 0 radical (unpaired) electrons. The molecule has 0 bridgehead atoms. The van der Waals surface area contributed by atoms with Crippen LogP contribution in [0.3, 0.4) is 0 Å². The van der Waals surface area contributed by atoms with Crippen LogP contribution < -0.4 is 5.73 Å². The molecular weight excluding hydrogens is 234 g/mol. The van der Waals surface area contributed by atoms with Crippen LogP contribution in [-0.4, -0.2) is 6.54 Å². The van der Waals surface area contributed by atoms with Crippen LogP contribution >= 0.6 is 27.3 Å². The summed E-state index contributed by atoms with van der Waals surface area (Å²) in [6.07, 6.45) is 3.81. The van der Waals surface area contributed by atoms with Crippen molar-refractivity contribution < 1.29 is 0 Å². The minimum Gasteiger partial charge on any atom is -0.330 e. The molecule has 1 saturated carbocycles. The van der Waals surface area contributed by atoms with E-state index in [4.69, 9.17) is 5.73 Å². The van der Waals surface area contributed by atoms with Gasteiger partial charge in [-0.05, 0) is 53.9 Å². The largest absolute Gasteiger partial charge is 0.330 e. The molecular formula is C9H12BrNS. The third-order valence-corrected chi connectivity index (χ3v) is 4.44. The average molecular weight is 246 g/mol. The van der Waals surface area contributed by atoms with Gasteiger partial charge < -0.3 is 5.73 Å². The predicted octanol–water partition coefficient (Wildman–Crippen LogP) is 2.89. The Balaban J connectivity index is 2.18. The number of hydrogen-bond acceptors (Lipinski definition) is 2. The minimum absolute atomic E-state index is 0.478. The van der Waals surface area contributed by atoms with Gasteiger partial charge in [0.05, 0.1) is 3.79 Å². The number of halogens is 1. The highest BCUT2D eigenvalue weighted by atomic mass is 79.9. The van der Waals surface area contributed by atoms with Crippen molar-refractivity contribution in [2.75, 3.05) is 6.54 Å². The predicted molar refractivity (Wildman–Crippen MR) is 56.6 cm³/mol. The molecule has 2 N–H and O–H groups in total. The molecule has 3 heteroatoms. The van der Waals surface area contributed by atoms with Gasteiger partial charge in [0.25, 0.3) is 0 Å². The van der Waals surface area contributed by atoms with E-state index >= 15 is 0 Å². The Labute approximate surface area is 85.1 Å². The Morgan fingerprint density at radius 1 is 1.50 bits per heavy atom. The van der Waals surface area contributed by atoms with Crippen molar-refractivity contribution in [3.63, 3.8) is 0 Å². The molecule has 1 nitrogen and oxygen atoms in total. The zero-order valence-corrected chi connectivity index (χ0v) is 9.25. The zero-order valence-electron chi connectivity index (χ0n) is 6.85. The van der Waals surface area contributed by atoms with E-state index < -0.39 is 0 Å².